The Hall–Kier alpha value is -1.69. The first-order chi connectivity index (χ1) is 8.90. The molecule has 0 bridgehead atoms. The number of esters is 1. The maximum atomic E-state index is 11.9. The predicted molar refractivity (Wildman–Crippen MR) is 71.2 cm³/mol. The molecule has 19 heavy (non-hydrogen) atoms. The molecule has 0 saturated carbocycles. The van der Waals surface area contributed by atoms with E-state index in [1.165, 1.54) is 19.1 Å². The van der Waals surface area contributed by atoms with Crippen LogP contribution in [0.2, 0.25) is 0 Å². The average molecular weight is 329 g/mol. The second-order valence-corrected chi connectivity index (χ2v) is 4.66. The normalized spacial score (nSPS) is 11.7. The van der Waals surface area contributed by atoms with Crippen molar-refractivity contribution in [2.24, 2.45) is 0 Å². The summed E-state index contributed by atoms with van der Waals surface area (Å²) in [5.74, 6) is -3.65. The van der Waals surface area contributed by atoms with Gasteiger partial charge in [-0.2, -0.15) is 0 Å². The number of carbonyl (C=O) groups excluding carboxylic acids is 2. The fraction of sp³-hybridized carbons (Fsp3) is 0.308. The van der Waals surface area contributed by atoms with Crippen molar-refractivity contribution in [3.63, 3.8) is 0 Å². The van der Waals surface area contributed by atoms with Crippen LogP contribution in [0.5, 0.6) is 0 Å². The van der Waals surface area contributed by atoms with Gasteiger partial charge in [-0.1, -0.05) is 22.0 Å². The summed E-state index contributed by atoms with van der Waals surface area (Å²) < 4.78 is 5.23. The van der Waals surface area contributed by atoms with E-state index in [1.54, 1.807) is 13.0 Å². The number of carboxylic acid groups (broad SMARTS) is 1. The number of aromatic carboxylic acids is 1. The third-order valence-electron chi connectivity index (χ3n) is 2.50. The van der Waals surface area contributed by atoms with Gasteiger partial charge in [0.2, 0.25) is 0 Å². The molecule has 6 heteroatoms. The van der Waals surface area contributed by atoms with Crippen LogP contribution >= 0.6 is 15.9 Å². The van der Waals surface area contributed by atoms with Crippen molar-refractivity contribution in [3.8, 4) is 0 Å². The molecule has 0 aliphatic heterocycles. The molecular formula is C13H13BrO5. The van der Waals surface area contributed by atoms with Crippen LogP contribution in [0.1, 0.15) is 35.7 Å². The number of carboxylic acids is 1. The van der Waals surface area contributed by atoms with Crippen molar-refractivity contribution in [1.82, 2.24) is 0 Å². The minimum Gasteiger partial charge on any atom is -0.478 e. The van der Waals surface area contributed by atoms with E-state index in [1.807, 2.05) is 0 Å². The number of benzene rings is 1. The van der Waals surface area contributed by atoms with Crippen molar-refractivity contribution < 1.29 is 24.2 Å². The molecule has 5 nitrogen and oxygen atoms in total. The maximum absolute atomic E-state index is 11.9. The van der Waals surface area contributed by atoms with Gasteiger partial charge in [-0.25, -0.2) is 4.79 Å². The fourth-order valence-electron chi connectivity index (χ4n) is 1.73. The molecule has 0 aliphatic carbocycles. The number of rotatable bonds is 5. The predicted octanol–water partition coefficient (Wildman–Crippen LogP) is 2.38. The molecule has 0 saturated heterocycles. The van der Waals surface area contributed by atoms with Crippen molar-refractivity contribution >= 4 is 33.7 Å². The third kappa shape index (κ3) is 3.41. The first kappa shape index (κ1) is 15.4. The number of ether oxygens (including phenoxy) is 1. The maximum Gasteiger partial charge on any atom is 0.336 e. The molecule has 0 heterocycles. The van der Waals surface area contributed by atoms with Gasteiger partial charge in [-0.15, -0.1) is 0 Å². The molecule has 1 atom stereocenters. The van der Waals surface area contributed by atoms with Crippen molar-refractivity contribution in [3.05, 3.63) is 33.8 Å². The Balaban J connectivity index is 3.42. The largest absolute Gasteiger partial charge is 0.478 e. The van der Waals surface area contributed by atoms with Gasteiger partial charge in [-0.3, -0.25) is 9.59 Å². The molecule has 0 amide bonds. The zero-order valence-corrected chi connectivity index (χ0v) is 12.1. The highest BCUT2D eigenvalue weighted by Gasteiger charge is 2.32. The summed E-state index contributed by atoms with van der Waals surface area (Å²) in [6.07, 6.45) is 0. The van der Waals surface area contributed by atoms with Crippen LogP contribution in [-0.4, -0.2) is 29.4 Å². The van der Waals surface area contributed by atoms with Gasteiger partial charge in [0.1, 0.15) is 11.7 Å². The monoisotopic (exact) mass is 328 g/mol. The lowest BCUT2D eigenvalue weighted by molar-refractivity contribution is -0.147. The molecule has 1 rings (SSSR count). The quantitative estimate of drug-likeness (QED) is 0.663. The summed E-state index contributed by atoms with van der Waals surface area (Å²) in [5, 5.41) is 9.15. The van der Waals surface area contributed by atoms with Gasteiger partial charge in [-0.05, 0) is 26.0 Å². The third-order valence-corrected chi connectivity index (χ3v) is 3.19. The topological polar surface area (TPSA) is 80.7 Å². The number of ketones is 1. The Morgan fingerprint density at radius 1 is 1.37 bits per heavy atom. The number of Topliss-reactive ketones (excluding diaryl/α,β-unsaturated/α-hetero) is 1. The first-order valence-corrected chi connectivity index (χ1v) is 6.38. The number of halogens is 1. The Bertz CT molecular complexity index is 524. The average Bonchev–Trinajstić information content (AvgIpc) is 2.31. The SMILES string of the molecule is CCOC(=O)C(C(C)=O)c1c(Br)cccc1C(=O)O. The van der Waals surface area contributed by atoms with Crippen LogP contribution in [0.3, 0.4) is 0 Å². The Labute approximate surface area is 118 Å². The zero-order chi connectivity index (χ0) is 14.6. The first-order valence-electron chi connectivity index (χ1n) is 5.58. The summed E-state index contributed by atoms with van der Waals surface area (Å²) in [6.45, 7) is 2.97. The fourth-order valence-corrected chi connectivity index (χ4v) is 2.32. The Morgan fingerprint density at radius 2 is 2.00 bits per heavy atom. The second-order valence-electron chi connectivity index (χ2n) is 3.80. The lowest BCUT2D eigenvalue weighted by Crippen LogP contribution is -2.25. The van der Waals surface area contributed by atoms with Gasteiger partial charge < -0.3 is 9.84 Å². The number of hydrogen-bond acceptors (Lipinski definition) is 4. The summed E-state index contributed by atoms with van der Waals surface area (Å²) >= 11 is 3.18. The second kappa shape index (κ2) is 6.47. The molecule has 1 N–H and O–H groups in total. The van der Waals surface area contributed by atoms with E-state index in [0.717, 1.165) is 0 Å². The molecule has 0 spiro atoms. The van der Waals surface area contributed by atoms with E-state index in [0.29, 0.717) is 4.47 Å². The lowest BCUT2D eigenvalue weighted by Gasteiger charge is -2.16. The van der Waals surface area contributed by atoms with Crippen LogP contribution in [0.25, 0.3) is 0 Å². The van der Waals surface area contributed by atoms with Gasteiger partial charge in [0.25, 0.3) is 0 Å². The summed E-state index contributed by atoms with van der Waals surface area (Å²) in [7, 11) is 0. The minimum absolute atomic E-state index is 0.0948. The summed E-state index contributed by atoms with van der Waals surface area (Å²) in [5.41, 5.74) is 0.0311. The molecule has 1 aromatic carbocycles. The highest BCUT2D eigenvalue weighted by Crippen LogP contribution is 2.30. The Morgan fingerprint density at radius 3 is 2.47 bits per heavy atom. The summed E-state index contributed by atoms with van der Waals surface area (Å²) in [6, 6.07) is 4.45. The van der Waals surface area contributed by atoms with Gasteiger partial charge in [0.15, 0.2) is 0 Å². The van der Waals surface area contributed by atoms with E-state index >= 15 is 0 Å². The van der Waals surface area contributed by atoms with E-state index in [4.69, 9.17) is 9.84 Å². The molecule has 0 aromatic heterocycles. The molecule has 102 valence electrons. The van der Waals surface area contributed by atoms with Crippen LogP contribution in [0.15, 0.2) is 22.7 Å². The zero-order valence-electron chi connectivity index (χ0n) is 10.5. The van der Waals surface area contributed by atoms with Crippen LogP contribution in [0, 0.1) is 0 Å². The van der Waals surface area contributed by atoms with E-state index < -0.39 is 23.6 Å². The standard InChI is InChI=1S/C13H13BrO5/c1-3-19-13(18)10(7(2)15)11-8(12(16)17)5-4-6-9(11)14/h4-6,10H,3H2,1-2H3,(H,16,17). The van der Waals surface area contributed by atoms with Gasteiger partial charge >= 0.3 is 11.9 Å². The van der Waals surface area contributed by atoms with Crippen molar-refractivity contribution in [2.75, 3.05) is 6.61 Å². The molecular weight excluding hydrogens is 316 g/mol. The van der Waals surface area contributed by atoms with E-state index in [2.05, 4.69) is 15.9 Å². The molecule has 1 aromatic rings. The van der Waals surface area contributed by atoms with Gasteiger partial charge in [0.05, 0.1) is 12.2 Å². The number of hydrogen-bond donors (Lipinski definition) is 1. The van der Waals surface area contributed by atoms with Crippen LogP contribution in [0.4, 0.5) is 0 Å². The van der Waals surface area contributed by atoms with Crippen LogP contribution in [-0.2, 0) is 14.3 Å². The van der Waals surface area contributed by atoms with Crippen LogP contribution < -0.4 is 0 Å². The molecule has 0 aliphatic rings. The van der Waals surface area contributed by atoms with Crippen molar-refractivity contribution in [2.45, 2.75) is 19.8 Å². The number of carbonyl (C=O) groups is 3. The Kier molecular flexibility index (Phi) is 5.23. The van der Waals surface area contributed by atoms with E-state index in [9.17, 15) is 14.4 Å². The van der Waals surface area contributed by atoms with Gasteiger partial charge in [0, 0.05) is 10.0 Å². The summed E-state index contributed by atoms with van der Waals surface area (Å²) in [4.78, 5) is 34.7. The highest BCUT2D eigenvalue weighted by molar-refractivity contribution is 9.10. The molecule has 0 radical (unpaired) electrons. The molecule has 1 unspecified atom stereocenters. The molecule has 0 fully saturated rings. The van der Waals surface area contributed by atoms with Crippen molar-refractivity contribution in [1.29, 1.82) is 0 Å². The lowest BCUT2D eigenvalue weighted by atomic mass is 9.91. The minimum atomic E-state index is -1.23. The smallest absolute Gasteiger partial charge is 0.336 e. The highest BCUT2D eigenvalue weighted by atomic mass is 79.9. The van der Waals surface area contributed by atoms with E-state index in [-0.39, 0.29) is 17.7 Å².